The summed E-state index contributed by atoms with van der Waals surface area (Å²) < 4.78 is 7.25. The highest BCUT2D eigenvalue weighted by molar-refractivity contribution is 7.80. The Kier molecular flexibility index (Phi) is 8.09. The molecular formula is C39H30Cl2OP2. The summed E-state index contributed by atoms with van der Waals surface area (Å²) in [4.78, 5) is 0. The van der Waals surface area contributed by atoms with E-state index in [1.807, 2.05) is 6.07 Å². The number of hydrogen-bond donors (Lipinski definition) is 0. The Morgan fingerprint density at radius 1 is 0.500 bits per heavy atom. The minimum absolute atomic E-state index is 0.460. The van der Waals surface area contributed by atoms with Gasteiger partial charge >= 0.3 is 0 Å². The van der Waals surface area contributed by atoms with Crippen molar-refractivity contribution in [3.05, 3.63) is 167 Å². The molecule has 0 saturated heterocycles. The fraction of sp³-hybridized carbons (Fsp3) is 0.0769. The maximum absolute atomic E-state index is 7.25. The molecule has 0 unspecified atom stereocenters. The van der Waals surface area contributed by atoms with Gasteiger partial charge < -0.3 is 4.74 Å². The van der Waals surface area contributed by atoms with Crippen molar-refractivity contribution in [3.8, 4) is 11.5 Å². The van der Waals surface area contributed by atoms with E-state index >= 15 is 0 Å². The molecule has 1 heterocycles. The number of para-hydroxylation sites is 1. The Hall–Kier alpha value is -3.44. The molecule has 6 aromatic carbocycles. The zero-order valence-electron chi connectivity index (χ0n) is 24.4. The van der Waals surface area contributed by atoms with Crippen molar-refractivity contribution < 1.29 is 4.74 Å². The molecule has 7 rings (SSSR count). The monoisotopic (exact) mass is 646 g/mol. The second-order valence-corrected chi connectivity index (χ2v) is 16.4. The van der Waals surface area contributed by atoms with Crippen molar-refractivity contribution in [2.45, 2.75) is 19.3 Å². The molecule has 0 aliphatic carbocycles. The smallest absolute Gasteiger partial charge is 0.141 e. The highest BCUT2D eigenvalue weighted by Crippen LogP contribution is 2.55. The molecule has 216 valence electrons. The van der Waals surface area contributed by atoms with Gasteiger partial charge in [0.15, 0.2) is 0 Å². The van der Waals surface area contributed by atoms with Crippen molar-refractivity contribution in [3.63, 3.8) is 0 Å². The van der Waals surface area contributed by atoms with E-state index in [-0.39, 0.29) is 0 Å². The van der Waals surface area contributed by atoms with E-state index in [1.54, 1.807) is 0 Å². The highest BCUT2D eigenvalue weighted by Gasteiger charge is 2.41. The highest BCUT2D eigenvalue weighted by atomic mass is 35.5. The molecule has 0 aromatic heterocycles. The molecule has 1 nitrogen and oxygen atoms in total. The molecular weight excluding hydrogens is 617 g/mol. The van der Waals surface area contributed by atoms with Gasteiger partial charge in [-0.05, 0) is 43.1 Å². The Morgan fingerprint density at radius 2 is 0.932 bits per heavy atom. The van der Waals surface area contributed by atoms with E-state index in [1.165, 1.54) is 26.5 Å². The van der Waals surface area contributed by atoms with E-state index in [4.69, 9.17) is 27.9 Å². The summed E-state index contributed by atoms with van der Waals surface area (Å²) in [7, 11) is -1.89. The quantitative estimate of drug-likeness (QED) is 0.164. The van der Waals surface area contributed by atoms with Crippen LogP contribution >= 0.6 is 39.0 Å². The lowest BCUT2D eigenvalue weighted by Crippen LogP contribution is -2.33. The second-order valence-electron chi connectivity index (χ2n) is 11.3. The van der Waals surface area contributed by atoms with Crippen LogP contribution in [0.1, 0.15) is 25.0 Å². The van der Waals surface area contributed by atoms with Gasteiger partial charge in [0.2, 0.25) is 0 Å². The van der Waals surface area contributed by atoms with Crippen molar-refractivity contribution in [2.75, 3.05) is 0 Å². The van der Waals surface area contributed by atoms with Crippen molar-refractivity contribution >= 4 is 70.9 Å². The predicted octanol–water partition coefficient (Wildman–Crippen LogP) is 8.94. The van der Waals surface area contributed by atoms with Crippen LogP contribution in [0.5, 0.6) is 11.5 Å². The van der Waals surface area contributed by atoms with Gasteiger partial charge in [-0.15, -0.1) is 0 Å². The first-order chi connectivity index (χ1) is 21.4. The van der Waals surface area contributed by atoms with Gasteiger partial charge in [-0.1, -0.05) is 177 Å². The van der Waals surface area contributed by atoms with Gasteiger partial charge in [-0.2, -0.15) is 0 Å². The van der Waals surface area contributed by atoms with Gasteiger partial charge in [0, 0.05) is 27.2 Å². The SMILES string of the molecule is CC1(C)c2cccc(P(c3ccccc3)c3ccccc3)c2Oc2c(P(c3ccccc3)c3ccccc3)cc(Cl)c(Cl)c21. The van der Waals surface area contributed by atoms with Crippen LogP contribution in [0.15, 0.2) is 146 Å². The molecule has 44 heavy (non-hydrogen) atoms. The number of fused-ring (bicyclic) bond motifs is 2. The minimum Gasteiger partial charge on any atom is -0.455 e. The number of rotatable bonds is 6. The van der Waals surface area contributed by atoms with Crippen LogP contribution in [0.25, 0.3) is 0 Å². The summed E-state index contributed by atoms with van der Waals surface area (Å²) in [6.45, 7) is 4.48. The number of hydrogen-bond acceptors (Lipinski definition) is 1. The fourth-order valence-corrected chi connectivity index (χ4v) is 11.6. The molecule has 0 radical (unpaired) electrons. The Morgan fingerprint density at radius 3 is 1.39 bits per heavy atom. The first-order valence-electron chi connectivity index (χ1n) is 14.6. The zero-order chi connectivity index (χ0) is 30.3. The molecule has 0 N–H and O–H groups in total. The molecule has 1 aliphatic rings. The van der Waals surface area contributed by atoms with Crippen molar-refractivity contribution in [2.24, 2.45) is 0 Å². The molecule has 0 amide bonds. The van der Waals surface area contributed by atoms with E-state index in [0.29, 0.717) is 10.0 Å². The lowest BCUT2D eigenvalue weighted by molar-refractivity contribution is 0.425. The lowest BCUT2D eigenvalue weighted by atomic mass is 9.75. The van der Waals surface area contributed by atoms with Crippen LogP contribution in [0.4, 0.5) is 0 Å². The summed E-state index contributed by atoms with van der Waals surface area (Å²) >= 11 is 14.1. The standard InChI is InChI=1S/C39H30Cl2OP2/c1-39(2)31-24-15-25-33(43(27-16-7-3-8-17-27)28-18-9-4-10-19-28)37(31)42-38-34(26-32(40)36(41)35(38)39)44(29-20-11-5-12-21-29)30-22-13-6-14-23-30/h3-26H,1-2H3. The molecule has 5 heteroatoms. The van der Waals surface area contributed by atoms with Gasteiger partial charge in [-0.3, -0.25) is 0 Å². The van der Waals surface area contributed by atoms with Crippen molar-refractivity contribution in [1.29, 1.82) is 0 Å². The summed E-state index contributed by atoms with van der Waals surface area (Å²) in [5, 5.41) is 8.37. The topological polar surface area (TPSA) is 9.23 Å². The largest absolute Gasteiger partial charge is 0.455 e. The molecule has 0 atom stereocenters. The average Bonchev–Trinajstić information content (AvgIpc) is 3.06. The summed E-state index contributed by atoms with van der Waals surface area (Å²) in [6, 6.07) is 51.5. The van der Waals surface area contributed by atoms with Crippen LogP contribution in [-0.4, -0.2) is 0 Å². The number of ether oxygens (including phenoxy) is 1. The van der Waals surface area contributed by atoms with Crippen LogP contribution < -0.4 is 36.6 Å². The molecule has 0 saturated carbocycles. The van der Waals surface area contributed by atoms with Crippen LogP contribution in [0, 0.1) is 0 Å². The Balaban J connectivity index is 1.50. The van der Waals surface area contributed by atoms with Crippen LogP contribution in [0.3, 0.4) is 0 Å². The summed E-state index contributed by atoms with van der Waals surface area (Å²) in [6.07, 6.45) is 0. The summed E-state index contributed by atoms with van der Waals surface area (Å²) in [5.41, 5.74) is 1.59. The predicted molar refractivity (Wildman–Crippen MR) is 193 cm³/mol. The zero-order valence-corrected chi connectivity index (χ0v) is 27.7. The van der Waals surface area contributed by atoms with Gasteiger partial charge in [0.1, 0.15) is 11.5 Å². The third kappa shape index (κ3) is 5.17. The fourth-order valence-electron chi connectivity index (χ4n) is 6.12. The third-order valence-electron chi connectivity index (χ3n) is 8.19. The molecule has 0 bridgehead atoms. The van der Waals surface area contributed by atoms with Gasteiger partial charge in [0.25, 0.3) is 0 Å². The maximum atomic E-state index is 7.25. The normalized spacial score (nSPS) is 13.3. The molecule has 6 aromatic rings. The molecule has 1 aliphatic heterocycles. The van der Waals surface area contributed by atoms with Crippen LogP contribution in [0.2, 0.25) is 10.0 Å². The van der Waals surface area contributed by atoms with Gasteiger partial charge in [0.05, 0.1) is 10.0 Å². The third-order valence-corrected chi connectivity index (χ3v) is 13.9. The first-order valence-corrected chi connectivity index (χ1v) is 18.0. The van der Waals surface area contributed by atoms with Crippen LogP contribution in [-0.2, 0) is 5.41 Å². The number of halogens is 2. The minimum atomic E-state index is -0.995. The van der Waals surface area contributed by atoms with E-state index in [9.17, 15) is 0 Å². The summed E-state index contributed by atoms with van der Waals surface area (Å²) in [5.74, 6) is 1.73. The molecule has 0 spiro atoms. The van der Waals surface area contributed by atoms with Gasteiger partial charge in [-0.25, -0.2) is 0 Å². The number of benzene rings is 6. The van der Waals surface area contributed by atoms with E-state index in [0.717, 1.165) is 27.9 Å². The average molecular weight is 648 g/mol. The maximum Gasteiger partial charge on any atom is 0.141 e. The Bertz CT molecular complexity index is 1850. The Labute approximate surface area is 272 Å². The second kappa shape index (κ2) is 12.2. The van der Waals surface area contributed by atoms with E-state index in [2.05, 4.69) is 153 Å². The van der Waals surface area contributed by atoms with E-state index < -0.39 is 21.3 Å². The van der Waals surface area contributed by atoms with Crippen molar-refractivity contribution in [1.82, 2.24) is 0 Å². The first kappa shape index (κ1) is 29.3. The lowest BCUT2D eigenvalue weighted by Gasteiger charge is -2.39. The molecule has 0 fully saturated rings.